The predicted octanol–water partition coefficient (Wildman–Crippen LogP) is 4.52. The molecule has 0 saturated carbocycles. The first-order chi connectivity index (χ1) is 13.3. The summed E-state index contributed by atoms with van der Waals surface area (Å²) >= 11 is 0. The smallest absolute Gasteiger partial charge is 0.338 e. The molecule has 0 amide bonds. The number of ether oxygens (including phenoxy) is 1. The summed E-state index contributed by atoms with van der Waals surface area (Å²) in [6.45, 7) is 6.11. The van der Waals surface area contributed by atoms with Crippen molar-refractivity contribution in [3.63, 3.8) is 0 Å². The average molecular weight is 393 g/mol. The summed E-state index contributed by atoms with van der Waals surface area (Å²) in [5, 5.41) is 17.3. The maximum atomic E-state index is 10.7. The molecular weight excluding hydrogens is 362 g/mol. The number of anilines is 1. The topological polar surface area (TPSA) is 127 Å². The van der Waals surface area contributed by atoms with Crippen LogP contribution in [0.3, 0.4) is 0 Å². The van der Waals surface area contributed by atoms with E-state index < -0.39 is 11.9 Å². The van der Waals surface area contributed by atoms with Crippen molar-refractivity contribution >= 4 is 23.6 Å². The van der Waals surface area contributed by atoms with Crippen molar-refractivity contribution in [2.24, 2.45) is 0 Å². The summed E-state index contributed by atoms with van der Waals surface area (Å²) in [4.78, 5) is 31.8. The Hall–Kier alpha value is -2.83. The number of aromatic carboxylic acids is 2. The monoisotopic (exact) mass is 393 g/mol. The van der Waals surface area contributed by atoms with Gasteiger partial charge >= 0.3 is 17.9 Å². The summed E-state index contributed by atoms with van der Waals surface area (Å²) in [7, 11) is 0. The summed E-state index contributed by atoms with van der Waals surface area (Å²) in [6.07, 6.45) is 11.3. The number of carbonyl (C=O) groups excluding carboxylic acids is 1. The van der Waals surface area contributed by atoms with E-state index in [1.807, 2.05) is 0 Å². The van der Waals surface area contributed by atoms with Gasteiger partial charge in [-0.2, -0.15) is 0 Å². The fourth-order valence-corrected chi connectivity index (χ4v) is 2.45. The zero-order valence-corrected chi connectivity index (χ0v) is 16.5. The molecule has 0 unspecified atom stereocenters. The minimum atomic E-state index is -1.34. The number of carboxylic acid groups (broad SMARTS) is 2. The third-order valence-electron chi connectivity index (χ3n) is 3.95. The van der Waals surface area contributed by atoms with Crippen molar-refractivity contribution in [3.8, 4) is 0 Å². The number of carbonyl (C=O) groups is 3. The van der Waals surface area contributed by atoms with Gasteiger partial charge in [-0.05, 0) is 18.6 Å². The van der Waals surface area contributed by atoms with Crippen LogP contribution in [-0.2, 0) is 9.53 Å². The van der Waals surface area contributed by atoms with Crippen molar-refractivity contribution < 1.29 is 29.3 Å². The van der Waals surface area contributed by atoms with Gasteiger partial charge in [0.2, 0.25) is 0 Å². The molecule has 0 radical (unpaired) electrons. The van der Waals surface area contributed by atoms with Gasteiger partial charge < -0.3 is 20.7 Å². The van der Waals surface area contributed by atoms with Crippen molar-refractivity contribution in [3.05, 3.63) is 42.0 Å². The Bertz CT molecular complexity index is 642. The molecule has 1 aromatic carbocycles. The van der Waals surface area contributed by atoms with Crippen molar-refractivity contribution in [2.75, 3.05) is 12.3 Å². The molecule has 0 aliphatic heterocycles. The zero-order chi connectivity index (χ0) is 21.4. The van der Waals surface area contributed by atoms with E-state index in [0.29, 0.717) is 6.61 Å². The second-order valence-electron chi connectivity index (χ2n) is 6.23. The number of benzene rings is 1. The number of unbranched alkanes of at least 4 members (excludes halogenated alkanes) is 7. The van der Waals surface area contributed by atoms with Crippen LogP contribution in [0.5, 0.6) is 0 Å². The van der Waals surface area contributed by atoms with Crippen LogP contribution < -0.4 is 5.73 Å². The molecule has 0 spiro atoms. The second-order valence-corrected chi connectivity index (χ2v) is 6.23. The molecular formula is C21H31NO6. The molecule has 0 aliphatic rings. The van der Waals surface area contributed by atoms with Crippen molar-refractivity contribution in [1.82, 2.24) is 0 Å². The SMILES string of the molecule is C=CC(=O)OCCCCCCCCCC.Nc1cccc(C(=O)O)c1C(=O)O. The van der Waals surface area contributed by atoms with Crippen LogP contribution in [0.2, 0.25) is 0 Å². The van der Waals surface area contributed by atoms with Crippen LogP contribution >= 0.6 is 0 Å². The Labute approximate surface area is 166 Å². The van der Waals surface area contributed by atoms with Gasteiger partial charge in [0.1, 0.15) is 0 Å². The van der Waals surface area contributed by atoms with Gasteiger partial charge in [-0.1, -0.05) is 64.5 Å². The van der Waals surface area contributed by atoms with Crippen LogP contribution in [0, 0.1) is 0 Å². The van der Waals surface area contributed by atoms with Gasteiger partial charge in [-0.3, -0.25) is 0 Å². The van der Waals surface area contributed by atoms with E-state index in [4.69, 9.17) is 20.7 Å². The first-order valence-corrected chi connectivity index (χ1v) is 9.49. The van der Waals surface area contributed by atoms with Gasteiger partial charge in [0.25, 0.3) is 0 Å². The average Bonchev–Trinajstić information content (AvgIpc) is 2.66. The number of nitrogen functional groups attached to an aromatic ring is 1. The molecule has 156 valence electrons. The van der Waals surface area contributed by atoms with E-state index in [2.05, 4.69) is 13.5 Å². The lowest BCUT2D eigenvalue weighted by Crippen LogP contribution is -2.10. The summed E-state index contributed by atoms with van der Waals surface area (Å²) < 4.78 is 4.88. The normalized spacial score (nSPS) is 9.75. The lowest BCUT2D eigenvalue weighted by atomic mass is 10.1. The first kappa shape index (κ1) is 25.2. The molecule has 1 rings (SSSR count). The second kappa shape index (κ2) is 15.2. The molecule has 4 N–H and O–H groups in total. The molecule has 0 aromatic heterocycles. The maximum Gasteiger partial charge on any atom is 0.338 e. The first-order valence-electron chi connectivity index (χ1n) is 9.49. The predicted molar refractivity (Wildman–Crippen MR) is 109 cm³/mol. The van der Waals surface area contributed by atoms with Crippen LogP contribution in [-0.4, -0.2) is 34.7 Å². The molecule has 28 heavy (non-hydrogen) atoms. The Morgan fingerprint density at radius 2 is 1.57 bits per heavy atom. The quantitative estimate of drug-likeness (QED) is 0.206. The lowest BCUT2D eigenvalue weighted by molar-refractivity contribution is -0.137. The van der Waals surface area contributed by atoms with Crippen LogP contribution in [0.1, 0.15) is 79.0 Å². The number of hydrogen-bond acceptors (Lipinski definition) is 5. The molecule has 1 aromatic rings. The minimum absolute atomic E-state index is 0.0487. The Morgan fingerprint density at radius 3 is 2.04 bits per heavy atom. The van der Waals surface area contributed by atoms with E-state index in [1.54, 1.807) is 0 Å². The number of rotatable bonds is 12. The maximum absolute atomic E-state index is 10.7. The van der Waals surface area contributed by atoms with E-state index in [1.165, 1.54) is 62.8 Å². The van der Waals surface area contributed by atoms with Crippen molar-refractivity contribution in [2.45, 2.75) is 58.3 Å². The molecule has 0 bridgehead atoms. The molecule has 0 fully saturated rings. The Balaban J connectivity index is 0.000000525. The Kier molecular flexibility index (Phi) is 13.7. The lowest BCUT2D eigenvalue weighted by Gasteiger charge is -2.03. The summed E-state index contributed by atoms with van der Waals surface area (Å²) in [5.74, 6) is -2.95. The van der Waals surface area contributed by atoms with Gasteiger partial charge in [-0.15, -0.1) is 0 Å². The van der Waals surface area contributed by atoms with E-state index in [9.17, 15) is 14.4 Å². The van der Waals surface area contributed by atoms with Crippen LogP contribution in [0.15, 0.2) is 30.9 Å². The fourth-order valence-electron chi connectivity index (χ4n) is 2.45. The number of nitrogens with two attached hydrogens (primary N) is 1. The molecule has 7 heteroatoms. The highest BCUT2D eigenvalue weighted by Crippen LogP contribution is 2.16. The van der Waals surface area contributed by atoms with Crippen molar-refractivity contribution in [1.29, 1.82) is 0 Å². The van der Waals surface area contributed by atoms with Crippen LogP contribution in [0.25, 0.3) is 0 Å². The highest BCUT2D eigenvalue weighted by atomic mass is 16.5. The number of hydrogen-bond donors (Lipinski definition) is 3. The van der Waals surface area contributed by atoms with E-state index in [0.717, 1.165) is 12.8 Å². The third-order valence-corrected chi connectivity index (χ3v) is 3.95. The van der Waals surface area contributed by atoms with E-state index in [-0.39, 0.29) is 22.8 Å². The van der Waals surface area contributed by atoms with Gasteiger partial charge in [0.05, 0.1) is 17.7 Å². The highest BCUT2D eigenvalue weighted by Gasteiger charge is 2.17. The molecule has 0 atom stereocenters. The largest absolute Gasteiger partial charge is 0.478 e. The minimum Gasteiger partial charge on any atom is -0.478 e. The molecule has 0 saturated heterocycles. The number of carboxylic acids is 2. The van der Waals surface area contributed by atoms with Gasteiger partial charge in [0, 0.05) is 11.8 Å². The molecule has 0 aliphatic carbocycles. The summed E-state index contributed by atoms with van der Waals surface area (Å²) in [6, 6.07) is 3.93. The number of esters is 1. The third kappa shape index (κ3) is 11.0. The standard InChI is InChI=1S/C13H24O2.C8H7NO4/c1-3-5-6-7-8-9-10-11-12-15-13(14)4-2;9-5-3-1-2-4(7(10)11)6(5)8(12)13/h4H,2-3,5-12H2,1H3;1-3H,9H2,(H,10,11)(H,12,13). The van der Waals surface area contributed by atoms with Gasteiger partial charge in [-0.25, -0.2) is 14.4 Å². The molecule has 0 heterocycles. The van der Waals surface area contributed by atoms with Crippen LogP contribution in [0.4, 0.5) is 5.69 Å². The molecule has 7 nitrogen and oxygen atoms in total. The zero-order valence-electron chi connectivity index (χ0n) is 16.5. The van der Waals surface area contributed by atoms with E-state index >= 15 is 0 Å². The fraction of sp³-hybridized carbons (Fsp3) is 0.476. The van der Waals surface area contributed by atoms with Gasteiger partial charge in [0.15, 0.2) is 0 Å². The summed E-state index contributed by atoms with van der Waals surface area (Å²) in [5.41, 5.74) is 4.60. The Morgan fingerprint density at radius 1 is 1.00 bits per heavy atom. The highest BCUT2D eigenvalue weighted by molar-refractivity contribution is 6.05.